The van der Waals surface area contributed by atoms with Crippen LogP contribution in [0.5, 0.6) is 0 Å². The number of nitrogens with zero attached hydrogens (tertiary/aromatic N) is 1. The Balaban J connectivity index is 1.45. The van der Waals surface area contributed by atoms with Gasteiger partial charge in [-0.2, -0.15) is 0 Å². The van der Waals surface area contributed by atoms with Crippen LogP contribution in [0.4, 0.5) is 0 Å². The molecule has 2 aliphatic carbocycles. The first kappa shape index (κ1) is 16.7. The van der Waals surface area contributed by atoms with Crippen molar-refractivity contribution in [2.24, 2.45) is 11.8 Å². The van der Waals surface area contributed by atoms with E-state index in [9.17, 15) is 9.59 Å². The van der Waals surface area contributed by atoms with E-state index in [0.29, 0.717) is 0 Å². The summed E-state index contributed by atoms with van der Waals surface area (Å²) in [7, 11) is 0. The van der Waals surface area contributed by atoms with Crippen LogP contribution < -0.4 is 5.32 Å². The maximum absolute atomic E-state index is 13.0. The Morgan fingerprint density at radius 3 is 2.56 bits per heavy atom. The molecule has 1 saturated heterocycles. The first-order valence-electron chi connectivity index (χ1n) is 9.89. The predicted octanol–water partition coefficient (Wildman–Crippen LogP) is 3.20. The molecule has 5 heteroatoms. The normalized spacial score (nSPS) is 29.3. The summed E-state index contributed by atoms with van der Waals surface area (Å²) in [6.45, 7) is 1.73. The SMILES string of the molecule is O=C(N[C@@H]1CCCc2occc21)[C@H]1CCCC[C@H]1C(=O)N1CCCC1. The smallest absolute Gasteiger partial charge is 0.226 e. The minimum Gasteiger partial charge on any atom is -0.469 e. The molecule has 5 nitrogen and oxygen atoms in total. The van der Waals surface area contributed by atoms with Crippen molar-refractivity contribution in [2.75, 3.05) is 13.1 Å². The zero-order chi connectivity index (χ0) is 17.2. The largest absolute Gasteiger partial charge is 0.469 e. The lowest BCUT2D eigenvalue weighted by Crippen LogP contribution is -2.45. The zero-order valence-corrected chi connectivity index (χ0v) is 14.8. The second kappa shape index (κ2) is 7.22. The van der Waals surface area contributed by atoms with Crippen molar-refractivity contribution in [3.63, 3.8) is 0 Å². The molecule has 0 bridgehead atoms. The average Bonchev–Trinajstić information content (AvgIpc) is 3.33. The van der Waals surface area contributed by atoms with Crippen molar-refractivity contribution < 1.29 is 14.0 Å². The van der Waals surface area contributed by atoms with Gasteiger partial charge in [0, 0.05) is 36.9 Å². The summed E-state index contributed by atoms with van der Waals surface area (Å²) in [5, 5.41) is 3.24. The maximum atomic E-state index is 13.0. The number of rotatable bonds is 3. The Labute approximate surface area is 149 Å². The molecule has 2 fully saturated rings. The van der Waals surface area contributed by atoms with Crippen LogP contribution in [0.1, 0.15) is 68.7 Å². The molecule has 2 heterocycles. The van der Waals surface area contributed by atoms with Gasteiger partial charge in [-0.25, -0.2) is 0 Å². The van der Waals surface area contributed by atoms with Gasteiger partial charge in [-0.1, -0.05) is 12.8 Å². The molecular weight excluding hydrogens is 316 g/mol. The Morgan fingerprint density at radius 1 is 1.00 bits per heavy atom. The summed E-state index contributed by atoms with van der Waals surface area (Å²) in [4.78, 5) is 27.9. The molecule has 2 amide bonds. The van der Waals surface area contributed by atoms with E-state index in [1.807, 2.05) is 11.0 Å². The molecule has 4 rings (SSSR count). The second-order valence-electron chi connectivity index (χ2n) is 7.78. The number of nitrogens with one attached hydrogen (secondary N) is 1. The van der Waals surface area contributed by atoms with Crippen molar-refractivity contribution in [3.05, 3.63) is 23.7 Å². The summed E-state index contributed by atoms with van der Waals surface area (Å²) in [6.07, 6.45) is 10.6. The van der Waals surface area contributed by atoms with Crippen molar-refractivity contribution in [2.45, 2.75) is 63.8 Å². The number of amides is 2. The quantitative estimate of drug-likeness (QED) is 0.916. The van der Waals surface area contributed by atoms with Crippen LogP contribution in [0.3, 0.4) is 0 Å². The highest BCUT2D eigenvalue weighted by molar-refractivity contribution is 5.88. The van der Waals surface area contributed by atoms with Gasteiger partial charge in [0.25, 0.3) is 0 Å². The second-order valence-corrected chi connectivity index (χ2v) is 7.78. The van der Waals surface area contributed by atoms with Gasteiger partial charge in [0.15, 0.2) is 0 Å². The summed E-state index contributed by atoms with van der Waals surface area (Å²) < 4.78 is 5.53. The molecule has 0 aromatic carbocycles. The fourth-order valence-corrected chi connectivity index (χ4v) is 4.83. The lowest BCUT2D eigenvalue weighted by atomic mass is 9.77. The van der Waals surface area contributed by atoms with E-state index in [4.69, 9.17) is 4.42 Å². The van der Waals surface area contributed by atoms with Gasteiger partial charge < -0.3 is 14.6 Å². The molecule has 136 valence electrons. The van der Waals surface area contributed by atoms with Crippen LogP contribution in [-0.2, 0) is 16.0 Å². The van der Waals surface area contributed by atoms with Gasteiger partial charge in [0.1, 0.15) is 5.76 Å². The third-order valence-corrected chi connectivity index (χ3v) is 6.21. The summed E-state index contributed by atoms with van der Waals surface area (Å²) in [5.74, 6) is 0.990. The minimum absolute atomic E-state index is 0.0412. The molecule has 1 N–H and O–H groups in total. The number of likely N-dealkylation sites (tertiary alicyclic amines) is 1. The van der Waals surface area contributed by atoms with Gasteiger partial charge in [-0.05, 0) is 44.6 Å². The van der Waals surface area contributed by atoms with E-state index in [2.05, 4.69) is 5.32 Å². The first-order valence-corrected chi connectivity index (χ1v) is 9.89. The van der Waals surface area contributed by atoms with Crippen molar-refractivity contribution in [1.82, 2.24) is 10.2 Å². The Bertz CT molecular complexity index is 633. The average molecular weight is 344 g/mol. The molecule has 1 saturated carbocycles. The highest BCUT2D eigenvalue weighted by Gasteiger charge is 2.39. The molecule has 1 aliphatic heterocycles. The molecular formula is C20H28N2O3. The third kappa shape index (κ3) is 3.33. The Kier molecular flexibility index (Phi) is 4.82. The molecule has 0 unspecified atom stereocenters. The minimum atomic E-state index is -0.167. The highest BCUT2D eigenvalue weighted by atomic mass is 16.3. The fourth-order valence-electron chi connectivity index (χ4n) is 4.83. The molecule has 0 spiro atoms. The number of hydrogen-bond acceptors (Lipinski definition) is 3. The van der Waals surface area contributed by atoms with E-state index in [-0.39, 0.29) is 29.7 Å². The van der Waals surface area contributed by atoms with Gasteiger partial charge in [0.2, 0.25) is 11.8 Å². The van der Waals surface area contributed by atoms with E-state index in [0.717, 1.165) is 82.2 Å². The van der Waals surface area contributed by atoms with Gasteiger partial charge in [-0.15, -0.1) is 0 Å². The monoisotopic (exact) mass is 344 g/mol. The lowest BCUT2D eigenvalue weighted by molar-refractivity contribution is -0.143. The van der Waals surface area contributed by atoms with Crippen molar-refractivity contribution in [3.8, 4) is 0 Å². The van der Waals surface area contributed by atoms with Gasteiger partial charge in [-0.3, -0.25) is 9.59 Å². The number of aryl methyl sites for hydroxylation is 1. The number of hydrogen-bond donors (Lipinski definition) is 1. The highest BCUT2D eigenvalue weighted by Crippen LogP contribution is 2.35. The molecule has 1 aromatic heterocycles. The maximum Gasteiger partial charge on any atom is 0.226 e. The van der Waals surface area contributed by atoms with E-state index in [1.165, 1.54) is 0 Å². The van der Waals surface area contributed by atoms with Crippen molar-refractivity contribution >= 4 is 11.8 Å². The topological polar surface area (TPSA) is 62.6 Å². The number of carbonyl (C=O) groups is 2. The number of furan rings is 1. The predicted molar refractivity (Wildman–Crippen MR) is 93.8 cm³/mol. The molecule has 25 heavy (non-hydrogen) atoms. The zero-order valence-electron chi connectivity index (χ0n) is 14.8. The van der Waals surface area contributed by atoms with Crippen LogP contribution in [0.2, 0.25) is 0 Å². The van der Waals surface area contributed by atoms with E-state index < -0.39 is 0 Å². The van der Waals surface area contributed by atoms with Crippen molar-refractivity contribution in [1.29, 1.82) is 0 Å². The lowest BCUT2D eigenvalue weighted by Gasteiger charge is -2.34. The van der Waals surface area contributed by atoms with E-state index >= 15 is 0 Å². The van der Waals surface area contributed by atoms with Crippen LogP contribution in [0.15, 0.2) is 16.7 Å². The Morgan fingerprint density at radius 2 is 1.76 bits per heavy atom. The molecule has 0 radical (unpaired) electrons. The Hall–Kier alpha value is -1.78. The van der Waals surface area contributed by atoms with Crippen LogP contribution in [-0.4, -0.2) is 29.8 Å². The fraction of sp³-hybridized carbons (Fsp3) is 0.700. The summed E-state index contributed by atoms with van der Waals surface area (Å²) in [6, 6.07) is 2.02. The van der Waals surface area contributed by atoms with E-state index in [1.54, 1.807) is 6.26 Å². The van der Waals surface area contributed by atoms with Crippen LogP contribution in [0, 0.1) is 11.8 Å². The third-order valence-electron chi connectivity index (χ3n) is 6.21. The molecule has 1 aromatic rings. The first-order chi connectivity index (χ1) is 12.2. The molecule has 3 atom stereocenters. The van der Waals surface area contributed by atoms with Gasteiger partial charge >= 0.3 is 0 Å². The number of fused-ring (bicyclic) bond motifs is 1. The van der Waals surface area contributed by atoms with Crippen LogP contribution >= 0.6 is 0 Å². The number of carbonyl (C=O) groups excluding carboxylic acids is 2. The van der Waals surface area contributed by atoms with Gasteiger partial charge in [0.05, 0.1) is 12.3 Å². The summed E-state index contributed by atoms with van der Waals surface area (Å²) in [5.41, 5.74) is 1.12. The standard InChI is InChI=1S/C20H28N2O3/c23-19(21-17-8-5-9-18-16(17)10-13-25-18)14-6-1-2-7-15(14)20(24)22-11-3-4-12-22/h10,13-15,17H,1-9,11-12H2,(H,21,23)/t14-,15+,17+/m0/s1. The summed E-state index contributed by atoms with van der Waals surface area (Å²) >= 11 is 0. The van der Waals surface area contributed by atoms with Crippen LogP contribution in [0.25, 0.3) is 0 Å². The molecule has 3 aliphatic rings.